The molecule has 1 aromatic carbocycles. The number of nitrogens with zero attached hydrogens (tertiary/aromatic N) is 1. The van der Waals surface area contributed by atoms with Gasteiger partial charge >= 0.3 is 6.09 Å². The molecule has 3 rings (SSSR count). The molecule has 11 heteroatoms. The van der Waals surface area contributed by atoms with Gasteiger partial charge in [-0.05, 0) is 38.2 Å². The van der Waals surface area contributed by atoms with E-state index in [9.17, 15) is 15.0 Å². The number of ether oxygens (including phenoxy) is 3. The van der Waals surface area contributed by atoms with Gasteiger partial charge in [-0.25, -0.2) is 9.78 Å². The lowest BCUT2D eigenvalue weighted by molar-refractivity contribution is -0.0398. The molecule has 1 aliphatic rings. The second-order valence-electron chi connectivity index (χ2n) is 10.7. The number of nitrogens with one attached hydrogen (secondary N) is 1. The third-order valence-corrected chi connectivity index (χ3v) is 7.36. The number of anilines is 1. The Kier molecular flexibility index (Phi) is 13.1. The fourth-order valence-electron chi connectivity index (χ4n) is 5.23. The zero-order chi connectivity index (χ0) is 30.3. The summed E-state index contributed by atoms with van der Waals surface area (Å²) in [5.74, 6) is 0.142. The number of carbonyl (C=O) groups excluding carboxylic acids is 1. The lowest BCUT2D eigenvalue weighted by Gasteiger charge is -2.29. The number of phenols is 1. The van der Waals surface area contributed by atoms with Crippen LogP contribution >= 0.6 is 12.4 Å². The summed E-state index contributed by atoms with van der Waals surface area (Å²) in [5, 5.41) is 25.4. The van der Waals surface area contributed by atoms with Gasteiger partial charge in [0, 0.05) is 43.9 Å². The Bertz CT molecular complexity index is 1320. The van der Waals surface area contributed by atoms with Crippen LogP contribution in [0.25, 0.3) is 16.7 Å². The largest absolute Gasteiger partial charge is 0.506 e. The third kappa shape index (κ3) is 8.38. The van der Waals surface area contributed by atoms with E-state index in [4.69, 9.17) is 24.4 Å². The van der Waals surface area contributed by atoms with Gasteiger partial charge in [0.25, 0.3) is 0 Å². The normalized spacial score (nSPS) is 28.7. The first kappa shape index (κ1) is 34.9. The van der Waals surface area contributed by atoms with Crippen molar-refractivity contribution < 1.29 is 33.6 Å². The van der Waals surface area contributed by atoms with Crippen LogP contribution in [0.15, 0.2) is 53.0 Å². The fraction of sp³-hybridized carbons (Fsp3) is 0.484. The number of aliphatic hydroxyl groups excluding tert-OH is 1. The Morgan fingerprint density at radius 1 is 1.29 bits per heavy atom. The number of rotatable bonds is 6. The van der Waals surface area contributed by atoms with Crippen LogP contribution in [0.4, 0.5) is 10.5 Å². The Morgan fingerprint density at radius 3 is 2.62 bits per heavy atom. The van der Waals surface area contributed by atoms with Crippen LogP contribution in [0.3, 0.4) is 0 Å². The Morgan fingerprint density at radius 2 is 2.00 bits per heavy atom. The van der Waals surface area contributed by atoms with E-state index in [1.54, 1.807) is 38.3 Å². The lowest BCUT2D eigenvalue weighted by atomic mass is 9.87. The van der Waals surface area contributed by atoms with Crippen molar-refractivity contribution in [3.05, 3.63) is 60.1 Å². The highest BCUT2D eigenvalue weighted by molar-refractivity contribution is 5.88. The lowest BCUT2D eigenvalue weighted by Crippen LogP contribution is -2.37. The zero-order valence-electron chi connectivity index (χ0n) is 25.1. The summed E-state index contributed by atoms with van der Waals surface area (Å²) in [6.07, 6.45) is 6.19. The molecule has 0 aliphatic carbocycles. The predicted molar refractivity (Wildman–Crippen MR) is 167 cm³/mol. The first-order valence-corrected chi connectivity index (χ1v) is 13.7. The minimum atomic E-state index is -0.934. The maximum atomic E-state index is 11.8. The van der Waals surface area contributed by atoms with E-state index in [1.165, 1.54) is 7.11 Å². The van der Waals surface area contributed by atoms with Crippen molar-refractivity contribution in [2.45, 2.75) is 65.0 Å². The van der Waals surface area contributed by atoms with Crippen LogP contribution in [-0.2, 0) is 20.6 Å². The number of fused-ring (bicyclic) bond motifs is 1. The van der Waals surface area contributed by atoms with Gasteiger partial charge in [0.1, 0.15) is 17.4 Å². The van der Waals surface area contributed by atoms with Crippen molar-refractivity contribution >= 4 is 40.9 Å². The number of phenolic OH excluding ortho intramolecular Hbond substituents is 1. The molecule has 232 valence electrons. The number of primary amides is 1. The first-order valence-electron chi connectivity index (χ1n) is 13.7. The van der Waals surface area contributed by atoms with Gasteiger partial charge in [0.05, 0.1) is 17.9 Å². The quantitative estimate of drug-likeness (QED) is 0.246. The number of methoxy groups -OCH3 is 2. The highest BCUT2D eigenvalue weighted by atomic mass is 35.5. The van der Waals surface area contributed by atoms with E-state index in [1.807, 2.05) is 26.0 Å². The number of carbonyl (C=O) groups is 1. The highest BCUT2D eigenvalue weighted by Gasteiger charge is 2.30. The molecule has 2 bridgehead atoms. The summed E-state index contributed by atoms with van der Waals surface area (Å²) >= 11 is 0. The van der Waals surface area contributed by atoms with Crippen molar-refractivity contribution in [3.8, 4) is 5.75 Å². The summed E-state index contributed by atoms with van der Waals surface area (Å²) in [6, 6.07) is 1.58. The molecule has 5 N–H and O–H groups in total. The van der Waals surface area contributed by atoms with Crippen molar-refractivity contribution in [2.75, 3.05) is 26.1 Å². The molecular formula is C31H44ClN3O7. The molecule has 42 heavy (non-hydrogen) atoms. The predicted octanol–water partition coefficient (Wildman–Crippen LogP) is 5.53. The molecule has 0 saturated heterocycles. The van der Waals surface area contributed by atoms with Gasteiger partial charge in [0.15, 0.2) is 11.7 Å². The molecule has 6 atom stereocenters. The summed E-state index contributed by atoms with van der Waals surface area (Å²) in [6.45, 7) is 11.8. The number of halogens is 1. The van der Waals surface area contributed by atoms with Gasteiger partial charge in [-0.2, -0.15) is 0 Å². The second kappa shape index (κ2) is 15.8. The first-order chi connectivity index (χ1) is 19.5. The van der Waals surface area contributed by atoms with Crippen LogP contribution in [0.1, 0.15) is 45.6 Å². The number of benzene rings is 1. The smallest absolute Gasteiger partial charge is 0.405 e. The number of aromatic hydroxyl groups is 1. The minimum absolute atomic E-state index is 0. The van der Waals surface area contributed by atoms with E-state index in [0.29, 0.717) is 47.6 Å². The molecule has 2 heterocycles. The maximum Gasteiger partial charge on any atom is 0.405 e. The van der Waals surface area contributed by atoms with E-state index in [-0.39, 0.29) is 30.0 Å². The molecule has 10 nitrogen and oxygen atoms in total. The third-order valence-electron chi connectivity index (χ3n) is 7.36. The second-order valence-corrected chi connectivity index (χ2v) is 10.7. The van der Waals surface area contributed by atoms with Gasteiger partial charge in [0.2, 0.25) is 5.89 Å². The average Bonchev–Trinajstić information content (AvgIpc) is 3.35. The monoisotopic (exact) mass is 605 g/mol. The molecule has 0 spiro atoms. The van der Waals surface area contributed by atoms with Gasteiger partial charge in [-0.1, -0.05) is 44.2 Å². The van der Waals surface area contributed by atoms with E-state index in [2.05, 4.69) is 23.8 Å². The number of hydrogen-bond acceptors (Lipinski definition) is 9. The Hall–Kier alpha value is -3.31. The summed E-state index contributed by atoms with van der Waals surface area (Å²) in [5.41, 5.74) is 9.25. The molecule has 1 aliphatic heterocycles. The summed E-state index contributed by atoms with van der Waals surface area (Å²) in [4.78, 5) is 16.4. The van der Waals surface area contributed by atoms with Gasteiger partial charge in [-0.3, -0.25) is 0 Å². The standard InChI is InChI=1S/C31H43N3O7.ClH/c1-8-12-33-26-21-13-17(2)14-25(39-7)27(36)19(4)15-20(5)28(41-31(32)37)24(38-6)11-9-10-18(3)30-34-22(16-23(26)35)29(21)40-30;/h8-11,15-17,19,24-25,27-28,33,35-36H,1,12-14H2,2-7H3,(H2,32,37);1H/b11-9-,18-10+,20-15+;/t17-,19+,24+,25+,27+,28+;/m1./s1. The highest BCUT2D eigenvalue weighted by Crippen LogP contribution is 2.38. The van der Waals surface area contributed by atoms with E-state index < -0.39 is 30.5 Å². The summed E-state index contributed by atoms with van der Waals surface area (Å²) < 4.78 is 23.1. The van der Waals surface area contributed by atoms with Gasteiger partial charge in [-0.15, -0.1) is 19.0 Å². The molecule has 0 saturated carbocycles. The molecule has 2 aromatic rings. The van der Waals surface area contributed by atoms with E-state index in [0.717, 1.165) is 11.1 Å². The number of aliphatic hydroxyl groups is 1. The van der Waals surface area contributed by atoms with Crippen LogP contribution in [-0.4, -0.2) is 66.5 Å². The number of nitrogens with two attached hydrogens (primary N) is 1. The average molecular weight is 606 g/mol. The van der Waals surface area contributed by atoms with Crippen molar-refractivity contribution in [2.24, 2.45) is 17.6 Å². The van der Waals surface area contributed by atoms with Crippen molar-refractivity contribution in [1.29, 1.82) is 0 Å². The van der Waals surface area contributed by atoms with E-state index >= 15 is 0 Å². The van der Waals surface area contributed by atoms with Crippen molar-refractivity contribution in [3.63, 3.8) is 0 Å². The Balaban J connectivity index is 0.00000616. The molecular weight excluding hydrogens is 562 g/mol. The molecule has 1 aromatic heterocycles. The number of allylic oxidation sites excluding steroid dienone is 3. The topological polar surface area (TPSA) is 149 Å². The zero-order valence-corrected chi connectivity index (χ0v) is 25.9. The Labute approximate surface area is 253 Å². The van der Waals surface area contributed by atoms with Crippen LogP contribution in [0, 0.1) is 11.8 Å². The molecule has 0 radical (unpaired) electrons. The number of aromatic nitrogens is 1. The number of hydrogen-bond donors (Lipinski definition) is 4. The molecule has 0 fully saturated rings. The number of amides is 1. The maximum absolute atomic E-state index is 11.8. The minimum Gasteiger partial charge on any atom is -0.506 e. The summed E-state index contributed by atoms with van der Waals surface area (Å²) in [7, 11) is 3.08. The SMILES string of the molecule is C=CCNc1c(O)cc2nc3oc2c1C[C@@H](C)C[C@H](OC)[C@@H](O)[C@@H](C)/C=C(\C)[C@H](OC(N)=O)[C@@H](OC)/C=C\C=C\3C.Cl. The van der Waals surface area contributed by atoms with Crippen molar-refractivity contribution in [1.82, 2.24) is 4.98 Å². The fourth-order valence-corrected chi connectivity index (χ4v) is 5.23. The molecule has 0 unspecified atom stereocenters. The number of oxazole rings is 1. The van der Waals surface area contributed by atoms with Gasteiger partial charge < -0.3 is 39.9 Å². The van der Waals surface area contributed by atoms with Crippen LogP contribution < -0.4 is 11.1 Å². The van der Waals surface area contributed by atoms with Crippen LogP contribution in [0.5, 0.6) is 5.75 Å². The van der Waals surface area contributed by atoms with Crippen LogP contribution in [0.2, 0.25) is 0 Å². The molecule has 1 amide bonds.